The summed E-state index contributed by atoms with van der Waals surface area (Å²) in [4.78, 5) is 14.3. The second kappa shape index (κ2) is 6.35. The Kier molecular flexibility index (Phi) is 4.77. The highest BCUT2D eigenvalue weighted by Gasteiger charge is 2.20. The van der Waals surface area contributed by atoms with E-state index in [4.69, 9.17) is 11.6 Å². The van der Waals surface area contributed by atoms with E-state index < -0.39 is 11.7 Å². The molecule has 1 amide bonds. The summed E-state index contributed by atoms with van der Waals surface area (Å²) in [5, 5.41) is 2.90. The van der Waals surface area contributed by atoms with Crippen LogP contribution in [0.5, 0.6) is 0 Å². The first-order valence-electron chi connectivity index (χ1n) is 6.56. The lowest BCUT2D eigenvalue weighted by atomic mass is 10.2. The van der Waals surface area contributed by atoms with Crippen molar-refractivity contribution < 1.29 is 9.18 Å². The van der Waals surface area contributed by atoms with Gasteiger partial charge in [-0.25, -0.2) is 4.39 Å². The van der Waals surface area contributed by atoms with E-state index in [-0.39, 0.29) is 16.6 Å². The zero-order valence-electron chi connectivity index (χ0n) is 11.0. The van der Waals surface area contributed by atoms with Crippen molar-refractivity contribution in [2.45, 2.75) is 25.8 Å². The summed E-state index contributed by atoms with van der Waals surface area (Å²) < 4.78 is 13.6. The molecule has 19 heavy (non-hydrogen) atoms. The molecular formula is C14H18ClFN2O. The van der Waals surface area contributed by atoms with Gasteiger partial charge in [0.05, 0.1) is 10.6 Å². The molecule has 3 nitrogen and oxygen atoms in total. The van der Waals surface area contributed by atoms with Crippen molar-refractivity contribution >= 4 is 17.5 Å². The quantitative estimate of drug-likeness (QED) is 0.922. The predicted octanol–water partition coefficient (Wildman–Crippen LogP) is 2.69. The van der Waals surface area contributed by atoms with E-state index in [1.54, 1.807) is 0 Å². The topological polar surface area (TPSA) is 32.3 Å². The molecule has 1 aliphatic rings. The molecule has 5 heteroatoms. The largest absolute Gasteiger partial charge is 0.350 e. The average Bonchev–Trinajstić information content (AvgIpc) is 2.89. The van der Waals surface area contributed by atoms with Gasteiger partial charge in [0.25, 0.3) is 5.91 Å². The van der Waals surface area contributed by atoms with E-state index in [1.165, 1.54) is 31.0 Å². The number of halogens is 2. The number of amides is 1. The van der Waals surface area contributed by atoms with Crippen LogP contribution in [-0.4, -0.2) is 36.5 Å². The molecule has 0 bridgehead atoms. The third-order valence-electron chi connectivity index (χ3n) is 3.51. The van der Waals surface area contributed by atoms with Crippen molar-refractivity contribution in [3.8, 4) is 0 Å². The molecule has 1 aromatic carbocycles. The maximum Gasteiger partial charge on any atom is 0.255 e. The van der Waals surface area contributed by atoms with Crippen LogP contribution < -0.4 is 5.32 Å². The first kappa shape index (κ1) is 14.3. The summed E-state index contributed by atoms with van der Waals surface area (Å²) in [5.74, 6) is -1.03. The van der Waals surface area contributed by atoms with Crippen LogP contribution in [-0.2, 0) is 0 Å². The highest BCUT2D eigenvalue weighted by molar-refractivity contribution is 6.33. The van der Waals surface area contributed by atoms with Gasteiger partial charge in [0.15, 0.2) is 0 Å². The van der Waals surface area contributed by atoms with E-state index in [1.807, 2.05) is 0 Å². The standard InChI is InChI=1S/C14H18ClFN2O/c1-10(18-7-2-3-8-18)9-17-14(19)13-11(15)5-4-6-12(13)16/h4-6,10H,2-3,7-9H2,1H3,(H,17,19)/t10-/m1/s1. The molecule has 104 valence electrons. The molecule has 1 aromatic rings. The number of carbonyl (C=O) groups is 1. The molecule has 1 aliphatic heterocycles. The molecule has 0 saturated carbocycles. The number of likely N-dealkylation sites (tertiary alicyclic amines) is 1. The monoisotopic (exact) mass is 284 g/mol. The highest BCUT2D eigenvalue weighted by atomic mass is 35.5. The fourth-order valence-electron chi connectivity index (χ4n) is 2.35. The second-order valence-corrected chi connectivity index (χ2v) is 5.31. The van der Waals surface area contributed by atoms with E-state index in [0.29, 0.717) is 6.54 Å². The van der Waals surface area contributed by atoms with Crippen LogP contribution in [0.15, 0.2) is 18.2 Å². The van der Waals surface area contributed by atoms with Crippen LogP contribution in [0.1, 0.15) is 30.1 Å². The molecule has 2 rings (SSSR count). The summed E-state index contributed by atoms with van der Waals surface area (Å²) in [5.41, 5.74) is -0.0715. The van der Waals surface area contributed by atoms with Crippen molar-refractivity contribution in [2.75, 3.05) is 19.6 Å². The zero-order chi connectivity index (χ0) is 13.8. The van der Waals surface area contributed by atoms with Gasteiger partial charge in [-0.1, -0.05) is 17.7 Å². The Labute approximate surface area is 117 Å². The lowest BCUT2D eigenvalue weighted by Crippen LogP contribution is -2.40. The van der Waals surface area contributed by atoms with Gasteiger partial charge < -0.3 is 5.32 Å². The first-order valence-corrected chi connectivity index (χ1v) is 6.93. The normalized spacial score (nSPS) is 17.4. The van der Waals surface area contributed by atoms with Gasteiger partial charge in [0.1, 0.15) is 5.82 Å². The molecule has 0 spiro atoms. The van der Waals surface area contributed by atoms with Crippen LogP contribution in [0.3, 0.4) is 0 Å². The number of rotatable bonds is 4. The van der Waals surface area contributed by atoms with Gasteiger partial charge in [-0.15, -0.1) is 0 Å². The van der Waals surface area contributed by atoms with Crippen molar-refractivity contribution in [3.63, 3.8) is 0 Å². The molecule has 1 N–H and O–H groups in total. The number of nitrogens with one attached hydrogen (secondary N) is 1. The molecule has 0 radical (unpaired) electrons. The number of nitrogens with zero attached hydrogens (tertiary/aromatic N) is 1. The lowest BCUT2D eigenvalue weighted by Gasteiger charge is -2.23. The van der Waals surface area contributed by atoms with E-state index in [2.05, 4.69) is 17.1 Å². The summed E-state index contributed by atoms with van der Waals surface area (Å²) >= 11 is 5.86. The predicted molar refractivity (Wildman–Crippen MR) is 74.0 cm³/mol. The second-order valence-electron chi connectivity index (χ2n) is 4.90. The number of benzene rings is 1. The minimum absolute atomic E-state index is 0.0715. The van der Waals surface area contributed by atoms with Crippen molar-refractivity contribution in [1.29, 1.82) is 0 Å². The van der Waals surface area contributed by atoms with Crippen LogP contribution in [0.25, 0.3) is 0 Å². The summed E-state index contributed by atoms with van der Waals surface area (Å²) in [6, 6.07) is 4.51. The van der Waals surface area contributed by atoms with Gasteiger partial charge in [-0.05, 0) is 45.0 Å². The SMILES string of the molecule is C[C@H](CNC(=O)c1c(F)cccc1Cl)N1CCCC1. The first-order chi connectivity index (χ1) is 9.09. The number of hydrogen-bond acceptors (Lipinski definition) is 2. The van der Waals surface area contributed by atoms with Crippen LogP contribution in [0.2, 0.25) is 5.02 Å². The van der Waals surface area contributed by atoms with Gasteiger partial charge in [0, 0.05) is 12.6 Å². The number of hydrogen-bond donors (Lipinski definition) is 1. The molecule has 0 aromatic heterocycles. The minimum Gasteiger partial charge on any atom is -0.350 e. The Hall–Kier alpha value is -1.13. The third-order valence-corrected chi connectivity index (χ3v) is 3.83. The Morgan fingerprint density at radius 2 is 2.16 bits per heavy atom. The Morgan fingerprint density at radius 3 is 2.79 bits per heavy atom. The molecule has 0 aliphatic carbocycles. The van der Waals surface area contributed by atoms with Gasteiger partial charge in [0.2, 0.25) is 0 Å². The number of carbonyl (C=O) groups excluding carboxylic acids is 1. The summed E-state index contributed by atoms with van der Waals surface area (Å²) in [6.07, 6.45) is 2.41. The molecule has 1 heterocycles. The van der Waals surface area contributed by atoms with E-state index in [9.17, 15) is 9.18 Å². The fraction of sp³-hybridized carbons (Fsp3) is 0.500. The lowest BCUT2D eigenvalue weighted by molar-refractivity contribution is 0.0936. The Balaban J connectivity index is 1.94. The zero-order valence-corrected chi connectivity index (χ0v) is 11.7. The average molecular weight is 285 g/mol. The Morgan fingerprint density at radius 1 is 1.47 bits per heavy atom. The van der Waals surface area contributed by atoms with Gasteiger partial charge in [-0.2, -0.15) is 0 Å². The third kappa shape index (κ3) is 3.45. The van der Waals surface area contributed by atoms with E-state index >= 15 is 0 Å². The van der Waals surface area contributed by atoms with Crippen LogP contribution >= 0.6 is 11.6 Å². The van der Waals surface area contributed by atoms with Crippen molar-refractivity contribution in [1.82, 2.24) is 10.2 Å². The highest BCUT2D eigenvalue weighted by Crippen LogP contribution is 2.18. The minimum atomic E-state index is -0.584. The van der Waals surface area contributed by atoms with E-state index in [0.717, 1.165) is 13.1 Å². The summed E-state index contributed by atoms with van der Waals surface area (Å²) in [7, 11) is 0. The summed E-state index contributed by atoms with van der Waals surface area (Å²) in [6.45, 7) is 4.70. The maximum absolute atomic E-state index is 13.6. The van der Waals surface area contributed by atoms with Crippen LogP contribution in [0.4, 0.5) is 4.39 Å². The van der Waals surface area contributed by atoms with Gasteiger partial charge in [-0.3, -0.25) is 9.69 Å². The molecule has 1 fully saturated rings. The molecule has 1 atom stereocenters. The molecule has 1 saturated heterocycles. The molecule has 0 unspecified atom stereocenters. The van der Waals surface area contributed by atoms with Crippen LogP contribution in [0, 0.1) is 5.82 Å². The fourth-order valence-corrected chi connectivity index (χ4v) is 2.60. The van der Waals surface area contributed by atoms with Crippen molar-refractivity contribution in [3.05, 3.63) is 34.6 Å². The smallest absolute Gasteiger partial charge is 0.255 e. The van der Waals surface area contributed by atoms with Crippen molar-refractivity contribution in [2.24, 2.45) is 0 Å². The maximum atomic E-state index is 13.6. The Bertz CT molecular complexity index is 441. The van der Waals surface area contributed by atoms with Gasteiger partial charge >= 0.3 is 0 Å². The molecular weight excluding hydrogens is 267 g/mol.